The second-order valence-electron chi connectivity index (χ2n) is 4.37. The molecule has 1 heterocycles. The first kappa shape index (κ1) is 11.2. The molecule has 16 heavy (non-hydrogen) atoms. The first-order chi connectivity index (χ1) is 7.75. The predicted molar refractivity (Wildman–Crippen MR) is 64.2 cm³/mol. The summed E-state index contributed by atoms with van der Waals surface area (Å²) in [5.41, 5.74) is 3.44. The van der Waals surface area contributed by atoms with E-state index in [1.165, 1.54) is 11.1 Å². The number of benzene rings is 1. The fraction of sp³-hybridized carbons (Fsp3) is 0.429. The Balaban J connectivity index is 1.98. The van der Waals surface area contributed by atoms with Gasteiger partial charge in [-0.15, -0.1) is 0 Å². The van der Waals surface area contributed by atoms with Gasteiger partial charge < -0.3 is 9.84 Å². The number of aryl methyl sites for hydroxylation is 1. The Bertz CT molecular complexity index is 365. The topological polar surface area (TPSA) is 29.5 Å². The van der Waals surface area contributed by atoms with Gasteiger partial charge in [0.15, 0.2) is 0 Å². The van der Waals surface area contributed by atoms with Crippen LogP contribution in [0.1, 0.15) is 24.0 Å². The maximum absolute atomic E-state index is 10.0. The lowest BCUT2D eigenvalue weighted by molar-refractivity contribution is 0.169. The lowest BCUT2D eigenvalue weighted by Gasteiger charge is -2.18. The van der Waals surface area contributed by atoms with Gasteiger partial charge >= 0.3 is 0 Å². The third-order valence-corrected chi connectivity index (χ3v) is 2.94. The molecule has 2 nitrogen and oxygen atoms in total. The summed E-state index contributed by atoms with van der Waals surface area (Å²) in [5.74, 6) is 0. The molecule has 86 valence electrons. The van der Waals surface area contributed by atoms with Crippen molar-refractivity contribution in [3.05, 3.63) is 47.2 Å². The summed E-state index contributed by atoms with van der Waals surface area (Å²) in [6, 6.07) is 8.30. The zero-order valence-electron chi connectivity index (χ0n) is 9.65. The minimum atomic E-state index is -0.400. The van der Waals surface area contributed by atoms with E-state index in [1.807, 2.05) is 0 Å². The van der Waals surface area contributed by atoms with Crippen molar-refractivity contribution in [2.45, 2.75) is 32.3 Å². The molecule has 1 aromatic carbocycles. The van der Waals surface area contributed by atoms with E-state index in [0.29, 0.717) is 6.42 Å². The summed E-state index contributed by atoms with van der Waals surface area (Å²) in [5, 5.41) is 10.0. The lowest BCUT2D eigenvalue weighted by atomic mass is 9.98. The first-order valence-corrected chi connectivity index (χ1v) is 5.80. The average molecular weight is 218 g/mol. The Morgan fingerprint density at radius 1 is 1.31 bits per heavy atom. The Labute approximate surface area is 96.6 Å². The van der Waals surface area contributed by atoms with E-state index < -0.39 is 6.10 Å². The van der Waals surface area contributed by atoms with Crippen LogP contribution in [0.3, 0.4) is 0 Å². The molecule has 2 rings (SSSR count). The van der Waals surface area contributed by atoms with Gasteiger partial charge in [0.25, 0.3) is 0 Å². The maximum Gasteiger partial charge on any atom is 0.0876 e. The van der Waals surface area contributed by atoms with Gasteiger partial charge in [-0.1, -0.05) is 29.8 Å². The van der Waals surface area contributed by atoms with Crippen molar-refractivity contribution in [3.63, 3.8) is 0 Å². The highest BCUT2D eigenvalue weighted by Crippen LogP contribution is 2.18. The van der Waals surface area contributed by atoms with Crippen LogP contribution < -0.4 is 0 Å². The van der Waals surface area contributed by atoms with Gasteiger partial charge in [-0.25, -0.2) is 0 Å². The molecular weight excluding hydrogens is 200 g/mol. The van der Waals surface area contributed by atoms with E-state index in [4.69, 9.17) is 4.74 Å². The molecule has 1 unspecified atom stereocenters. The molecule has 0 radical (unpaired) electrons. The second-order valence-corrected chi connectivity index (χ2v) is 4.37. The van der Waals surface area contributed by atoms with Gasteiger partial charge in [-0.2, -0.15) is 0 Å². The summed E-state index contributed by atoms with van der Waals surface area (Å²) in [6.45, 7) is 2.85. The predicted octanol–water partition coefficient (Wildman–Crippen LogP) is 2.59. The van der Waals surface area contributed by atoms with Crippen molar-refractivity contribution in [1.29, 1.82) is 0 Å². The zero-order chi connectivity index (χ0) is 11.4. The van der Waals surface area contributed by atoms with Crippen LogP contribution in [0.5, 0.6) is 0 Å². The molecule has 2 heteroatoms. The molecule has 0 fully saturated rings. The van der Waals surface area contributed by atoms with E-state index >= 15 is 0 Å². The van der Waals surface area contributed by atoms with E-state index in [1.54, 1.807) is 6.26 Å². The van der Waals surface area contributed by atoms with Crippen LogP contribution in [0.2, 0.25) is 0 Å². The zero-order valence-corrected chi connectivity index (χ0v) is 9.65. The molecule has 0 aliphatic carbocycles. The molecule has 1 aliphatic rings. The van der Waals surface area contributed by atoms with Crippen molar-refractivity contribution < 1.29 is 9.84 Å². The number of aliphatic hydroxyl groups excluding tert-OH is 1. The van der Waals surface area contributed by atoms with Gasteiger partial charge in [-0.3, -0.25) is 0 Å². The third-order valence-electron chi connectivity index (χ3n) is 2.94. The molecule has 0 amide bonds. The van der Waals surface area contributed by atoms with E-state index in [9.17, 15) is 5.11 Å². The van der Waals surface area contributed by atoms with Crippen LogP contribution in [-0.4, -0.2) is 17.8 Å². The van der Waals surface area contributed by atoms with Gasteiger partial charge in [0.05, 0.1) is 19.0 Å². The van der Waals surface area contributed by atoms with Crippen LogP contribution >= 0.6 is 0 Å². The fourth-order valence-electron chi connectivity index (χ4n) is 1.91. The van der Waals surface area contributed by atoms with Crippen molar-refractivity contribution in [1.82, 2.24) is 0 Å². The molecule has 0 bridgehead atoms. The number of ether oxygens (including phenoxy) is 1. The largest absolute Gasteiger partial charge is 0.501 e. The molecule has 1 aliphatic heterocycles. The van der Waals surface area contributed by atoms with Gasteiger partial charge in [-0.05, 0) is 30.9 Å². The van der Waals surface area contributed by atoms with Crippen LogP contribution in [0.25, 0.3) is 0 Å². The SMILES string of the molecule is Cc1ccc(CC(O)C2=COCCC2)cc1. The van der Waals surface area contributed by atoms with Gasteiger partial charge in [0.1, 0.15) is 0 Å². The third kappa shape index (κ3) is 2.86. The number of aliphatic hydroxyl groups is 1. The normalized spacial score (nSPS) is 17.5. The Hall–Kier alpha value is -1.28. The molecule has 0 saturated carbocycles. The number of rotatable bonds is 3. The number of hydrogen-bond donors (Lipinski definition) is 1. The fourth-order valence-corrected chi connectivity index (χ4v) is 1.91. The monoisotopic (exact) mass is 218 g/mol. The highest BCUT2D eigenvalue weighted by atomic mass is 16.5. The average Bonchev–Trinajstić information content (AvgIpc) is 2.33. The standard InChI is InChI=1S/C14H18O2/c1-11-4-6-12(7-5-11)9-14(15)13-3-2-8-16-10-13/h4-7,10,14-15H,2-3,8-9H2,1H3. The van der Waals surface area contributed by atoms with Crippen LogP contribution in [0.15, 0.2) is 36.1 Å². The minimum absolute atomic E-state index is 0.400. The van der Waals surface area contributed by atoms with E-state index in [-0.39, 0.29) is 0 Å². The molecule has 0 aromatic heterocycles. The van der Waals surface area contributed by atoms with Crippen LogP contribution in [-0.2, 0) is 11.2 Å². The lowest BCUT2D eigenvalue weighted by Crippen LogP contribution is -2.17. The Morgan fingerprint density at radius 3 is 2.69 bits per heavy atom. The summed E-state index contributed by atoms with van der Waals surface area (Å²) >= 11 is 0. The Morgan fingerprint density at radius 2 is 2.06 bits per heavy atom. The molecule has 0 spiro atoms. The molecule has 1 aromatic rings. The van der Waals surface area contributed by atoms with Crippen LogP contribution in [0.4, 0.5) is 0 Å². The maximum atomic E-state index is 10.0. The highest BCUT2D eigenvalue weighted by Gasteiger charge is 2.14. The molecule has 1 atom stereocenters. The van der Waals surface area contributed by atoms with Crippen molar-refractivity contribution in [2.24, 2.45) is 0 Å². The summed E-state index contributed by atoms with van der Waals surface area (Å²) in [7, 11) is 0. The molecular formula is C14H18O2. The smallest absolute Gasteiger partial charge is 0.0876 e. The quantitative estimate of drug-likeness (QED) is 0.845. The van der Waals surface area contributed by atoms with Crippen molar-refractivity contribution in [2.75, 3.05) is 6.61 Å². The van der Waals surface area contributed by atoms with Crippen molar-refractivity contribution >= 4 is 0 Å². The summed E-state index contributed by atoms with van der Waals surface area (Å²) < 4.78 is 5.24. The van der Waals surface area contributed by atoms with E-state index in [0.717, 1.165) is 25.0 Å². The Kier molecular flexibility index (Phi) is 3.62. The molecule has 1 N–H and O–H groups in total. The molecule has 0 saturated heterocycles. The summed E-state index contributed by atoms with van der Waals surface area (Å²) in [6.07, 6.45) is 3.96. The van der Waals surface area contributed by atoms with E-state index in [2.05, 4.69) is 31.2 Å². The van der Waals surface area contributed by atoms with Gasteiger partial charge in [0, 0.05) is 6.42 Å². The van der Waals surface area contributed by atoms with Gasteiger partial charge in [0.2, 0.25) is 0 Å². The highest BCUT2D eigenvalue weighted by molar-refractivity contribution is 5.23. The first-order valence-electron chi connectivity index (χ1n) is 5.80. The van der Waals surface area contributed by atoms with Crippen molar-refractivity contribution in [3.8, 4) is 0 Å². The second kappa shape index (κ2) is 5.17. The minimum Gasteiger partial charge on any atom is -0.501 e. The number of hydrogen-bond acceptors (Lipinski definition) is 2. The van der Waals surface area contributed by atoms with Crippen LogP contribution in [0, 0.1) is 6.92 Å². The summed E-state index contributed by atoms with van der Waals surface area (Å²) in [4.78, 5) is 0.